The molecule has 0 aliphatic carbocycles. The average Bonchev–Trinajstić information content (AvgIpc) is 3.70. The van der Waals surface area contributed by atoms with Crippen molar-refractivity contribution >= 4 is 40.5 Å². The van der Waals surface area contributed by atoms with Crippen molar-refractivity contribution in [3.8, 4) is 0 Å². The molecule has 0 aromatic heterocycles. The average molecular weight is 865 g/mol. The Morgan fingerprint density at radius 1 is 0.917 bits per heavy atom. The van der Waals surface area contributed by atoms with Crippen LogP contribution >= 0.6 is 0 Å². The number of aliphatic hydroxyl groups excluding tert-OH is 1. The monoisotopic (exact) mass is 865 g/mol. The molecule has 1 aliphatic heterocycles. The maximum absolute atomic E-state index is 14.5. The lowest BCUT2D eigenvalue weighted by atomic mass is 9.89. The fraction of sp³-hybridized carbons (Fsp3) is 0.750. The van der Waals surface area contributed by atoms with Gasteiger partial charge in [0.15, 0.2) is 0 Å². The summed E-state index contributed by atoms with van der Waals surface area (Å²) in [5.74, 6) is -2.15. The summed E-state index contributed by atoms with van der Waals surface area (Å²) in [6, 6.07) is 5.39. The zero-order valence-corrected chi connectivity index (χ0v) is 39.3. The van der Waals surface area contributed by atoms with Gasteiger partial charge >= 0.3 is 6.03 Å². The number of methoxy groups -OCH3 is 2. The molecule has 6 amide bonds. The molecule has 1 heterocycles. The van der Waals surface area contributed by atoms with Crippen molar-refractivity contribution in [2.75, 3.05) is 53.4 Å². The van der Waals surface area contributed by atoms with E-state index in [4.69, 9.17) is 9.47 Å². The van der Waals surface area contributed by atoms with Crippen LogP contribution in [0.1, 0.15) is 99.2 Å². The molecular weight excluding hydrogens is 789 g/mol. The van der Waals surface area contributed by atoms with Gasteiger partial charge in [0.2, 0.25) is 23.6 Å². The van der Waals surface area contributed by atoms with Gasteiger partial charge in [-0.3, -0.25) is 23.4 Å². The van der Waals surface area contributed by atoms with E-state index in [1.807, 2.05) is 59.7 Å². The van der Waals surface area contributed by atoms with Crippen molar-refractivity contribution in [2.45, 2.75) is 136 Å². The van der Waals surface area contributed by atoms with Crippen molar-refractivity contribution < 1.29 is 42.8 Å². The minimum atomic E-state index is -0.978. The molecule has 0 spiro atoms. The van der Waals surface area contributed by atoms with Crippen LogP contribution < -0.4 is 16.0 Å². The molecule has 4 N–H and O–H groups in total. The van der Waals surface area contributed by atoms with E-state index in [0.717, 1.165) is 6.42 Å². The van der Waals surface area contributed by atoms with E-state index in [2.05, 4.69) is 16.0 Å². The van der Waals surface area contributed by atoms with Gasteiger partial charge in [0.25, 0.3) is 0 Å². The number of likely N-dealkylation sites (N-methyl/N-ethyl adjacent to an activating group) is 2. The molecule has 16 heteroatoms. The van der Waals surface area contributed by atoms with Crippen molar-refractivity contribution in [3.63, 3.8) is 0 Å². The minimum absolute atomic E-state index is 0.0286. The molecule has 1 aromatic carbocycles. The van der Waals surface area contributed by atoms with Gasteiger partial charge in [0.1, 0.15) is 12.1 Å². The van der Waals surface area contributed by atoms with Crippen LogP contribution in [0.4, 0.5) is 4.79 Å². The van der Waals surface area contributed by atoms with Crippen LogP contribution in [-0.4, -0.2) is 150 Å². The number of rotatable bonds is 24. The summed E-state index contributed by atoms with van der Waals surface area (Å²) in [7, 11) is 5.31. The molecule has 0 saturated carbocycles. The smallest absolute Gasteiger partial charge is 0.317 e. The molecule has 11 atom stereocenters. The number of urea groups is 1. The van der Waals surface area contributed by atoms with Gasteiger partial charge in [-0.05, 0) is 49.5 Å². The van der Waals surface area contributed by atoms with Gasteiger partial charge in [-0.2, -0.15) is 0 Å². The van der Waals surface area contributed by atoms with Gasteiger partial charge in [0, 0.05) is 64.2 Å². The fourth-order valence-electron chi connectivity index (χ4n) is 8.30. The molecular formula is C44H76N6O9S. The Hall–Kier alpha value is -3.60. The van der Waals surface area contributed by atoms with Crippen molar-refractivity contribution in [1.29, 1.82) is 0 Å². The third kappa shape index (κ3) is 14.5. The lowest BCUT2D eigenvalue weighted by Crippen LogP contribution is -2.61. The van der Waals surface area contributed by atoms with E-state index >= 15 is 0 Å². The SMILES string of the molecule is CC[C@H](C)[C@@H]([C@@H](CC(=O)N1CCC[C@H]1[C@H](OC)[C@@H](C)C(=O)N[C@H](C)[C@@H](O)c1ccccc1)OC)N(C)C(=O)[C@@H](NC(=O)[C@H](C(C)C)N(C)C(=O)NCCCS(C)=O)C(C)C. The van der Waals surface area contributed by atoms with Crippen molar-refractivity contribution in [2.24, 2.45) is 23.7 Å². The third-order valence-corrected chi connectivity index (χ3v) is 12.9. The summed E-state index contributed by atoms with van der Waals surface area (Å²) >= 11 is 0. The standard InChI is InChI=1S/C44H76N6O9S/c1-14-29(6)38(48(9)43(55)36(27(2)3)47-42(54)37(28(4)5)49(10)44(56)45-23-19-25-60(13)57)34(58-11)26-35(51)50-24-18-22-33(50)40(59-12)30(7)41(53)46-31(8)39(52)32-20-16-15-17-21-32/h15-17,20-21,27-31,33-34,36-40,52H,14,18-19,22-26H2,1-13H3,(H,45,56)(H,46,53)(H,47,54)/t29-,30+,31+,33-,34+,36-,37-,38-,39+,40+,60?/m0/s1. The van der Waals surface area contributed by atoms with E-state index < -0.39 is 71.1 Å². The van der Waals surface area contributed by atoms with E-state index in [9.17, 15) is 33.3 Å². The third-order valence-electron chi connectivity index (χ3n) is 12.0. The van der Waals surface area contributed by atoms with Crippen LogP contribution in [0.3, 0.4) is 0 Å². The number of amides is 6. The molecule has 0 bridgehead atoms. The second-order valence-corrected chi connectivity index (χ2v) is 18.7. The normalized spacial score (nSPS) is 19.3. The summed E-state index contributed by atoms with van der Waals surface area (Å²) in [6.07, 6.45) is 1.95. The van der Waals surface area contributed by atoms with Crippen molar-refractivity contribution in [3.05, 3.63) is 35.9 Å². The molecule has 2 rings (SSSR count). The van der Waals surface area contributed by atoms with Gasteiger partial charge in [-0.15, -0.1) is 0 Å². The number of carbonyl (C=O) groups excluding carboxylic acids is 5. The predicted octanol–water partition coefficient (Wildman–Crippen LogP) is 3.72. The second kappa shape index (κ2) is 25.4. The van der Waals surface area contributed by atoms with Crippen molar-refractivity contribution in [1.82, 2.24) is 30.7 Å². The summed E-state index contributed by atoms with van der Waals surface area (Å²) in [4.78, 5) is 73.9. The van der Waals surface area contributed by atoms with Crippen LogP contribution in [-0.2, 0) is 39.5 Å². The maximum Gasteiger partial charge on any atom is 0.317 e. The largest absolute Gasteiger partial charge is 0.386 e. The Labute approximate surface area is 361 Å². The first-order valence-corrected chi connectivity index (χ1v) is 23.2. The molecule has 342 valence electrons. The van der Waals surface area contributed by atoms with E-state index in [-0.39, 0.29) is 47.9 Å². The number of carbonyl (C=O) groups is 5. The number of ether oxygens (including phenoxy) is 2. The first-order chi connectivity index (χ1) is 28.2. The Kier molecular flexibility index (Phi) is 22.2. The number of nitrogens with zero attached hydrogens (tertiary/aromatic N) is 3. The van der Waals surface area contributed by atoms with Gasteiger partial charge < -0.3 is 45.2 Å². The minimum Gasteiger partial charge on any atom is -0.386 e. The highest BCUT2D eigenvalue weighted by Gasteiger charge is 2.43. The topological polar surface area (TPSA) is 187 Å². The Balaban J connectivity index is 2.25. The first-order valence-electron chi connectivity index (χ1n) is 21.5. The van der Waals surface area contributed by atoms with E-state index in [1.54, 1.807) is 56.1 Å². The molecule has 1 saturated heterocycles. The molecule has 0 radical (unpaired) electrons. The molecule has 1 unspecified atom stereocenters. The first kappa shape index (κ1) is 52.5. The zero-order valence-electron chi connectivity index (χ0n) is 38.4. The Morgan fingerprint density at radius 2 is 1.55 bits per heavy atom. The van der Waals surface area contributed by atoms with Gasteiger partial charge in [-0.1, -0.05) is 85.2 Å². The van der Waals surface area contributed by atoms with E-state index in [1.165, 1.54) is 19.1 Å². The second-order valence-electron chi connectivity index (χ2n) is 17.1. The van der Waals surface area contributed by atoms with Crippen LogP contribution in [0.2, 0.25) is 0 Å². The lowest BCUT2D eigenvalue weighted by Gasteiger charge is -2.41. The zero-order chi connectivity index (χ0) is 45.4. The number of hydrogen-bond acceptors (Lipinski definition) is 9. The van der Waals surface area contributed by atoms with Crippen LogP contribution in [0, 0.1) is 23.7 Å². The number of aliphatic hydroxyl groups is 1. The number of hydrogen-bond donors (Lipinski definition) is 4. The highest BCUT2D eigenvalue weighted by Crippen LogP contribution is 2.30. The summed E-state index contributed by atoms with van der Waals surface area (Å²) in [6.45, 7) is 15.7. The lowest BCUT2D eigenvalue weighted by molar-refractivity contribution is -0.148. The highest BCUT2D eigenvalue weighted by atomic mass is 32.2. The van der Waals surface area contributed by atoms with Crippen LogP contribution in [0.5, 0.6) is 0 Å². The number of nitrogens with one attached hydrogen (secondary N) is 3. The van der Waals surface area contributed by atoms with Crippen LogP contribution in [0.15, 0.2) is 30.3 Å². The van der Waals surface area contributed by atoms with Gasteiger partial charge in [-0.25, -0.2) is 4.79 Å². The summed E-state index contributed by atoms with van der Waals surface area (Å²) in [5.41, 5.74) is 0.693. The quantitative estimate of drug-likeness (QED) is 0.113. The molecule has 1 aliphatic rings. The molecule has 1 fully saturated rings. The predicted molar refractivity (Wildman–Crippen MR) is 235 cm³/mol. The molecule has 15 nitrogen and oxygen atoms in total. The number of benzene rings is 1. The summed E-state index contributed by atoms with van der Waals surface area (Å²) in [5, 5.41) is 19.5. The molecule has 1 aromatic rings. The highest BCUT2D eigenvalue weighted by molar-refractivity contribution is 7.84. The molecule has 60 heavy (non-hydrogen) atoms. The Morgan fingerprint density at radius 3 is 2.08 bits per heavy atom. The fourth-order valence-corrected chi connectivity index (χ4v) is 8.85. The number of likely N-dealkylation sites (tertiary alicyclic amines) is 1. The van der Waals surface area contributed by atoms with Gasteiger partial charge in [0.05, 0.1) is 48.8 Å². The van der Waals surface area contributed by atoms with Crippen LogP contribution in [0.25, 0.3) is 0 Å². The van der Waals surface area contributed by atoms with E-state index in [0.29, 0.717) is 43.7 Å². The maximum atomic E-state index is 14.5. The Bertz CT molecular complexity index is 1550. The summed E-state index contributed by atoms with van der Waals surface area (Å²) < 4.78 is 23.4.